The lowest BCUT2D eigenvalue weighted by atomic mass is 9.99. The molecule has 2 fully saturated rings. The molecule has 0 spiro atoms. The van der Waals surface area contributed by atoms with Gasteiger partial charge in [0.15, 0.2) is 0 Å². The minimum absolute atomic E-state index is 0.636. The Morgan fingerprint density at radius 3 is 2.37 bits per heavy atom. The van der Waals surface area contributed by atoms with Crippen molar-refractivity contribution in [3.63, 3.8) is 0 Å². The van der Waals surface area contributed by atoms with Crippen molar-refractivity contribution in [2.75, 3.05) is 26.8 Å². The van der Waals surface area contributed by atoms with Crippen molar-refractivity contribution in [3.05, 3.63) is 0 Å². The molecule has 0 saturated heterocycles. The molecular formula is C16H32N2O. The van der Waals surface area contributed by atoms with Gasteiger partial charge in [-0.1, -0.05) is 6.92 Å². The molecule has 0 aliphatic heterocycles. The lowest BCUT2D eigenvalue weighted by Gasteiger charge is -2.38. The van der Waals surface area contributed by atoms with Crippen molar-refractivity contribution in [3.8, 4) is 0 Å². The number of hydrogen-bond donors (Lipinski definition) is 1. The van der Waals surface area contributed by atoms with Gasteiger partial charge in [-0.2, -0.15) is 0 Å². The molecule has 2 rings (SSSR count). The predicted molar refractivity (Wildman–Crippen MR) is 80.4 cm³/mol. The molecule has 112 valence electrons. The van der Waals surface area contributed by atoms with Crippen LogP contribution in [0, 0.1) is 11.8 Å². The van der Waals surface area contributed by atoms with Gasteiger partial charge in [0, 0.05) is 31.8 Å². The summed E-state index contributed by atoms with van der Waals surface area (Å²) in [7, 11) is 1.81. The zero-order chi connectivity index (χ0) is 13.8. The van der Waals surface area contributed by atoms with Crippen LogP contribution in [0.5, 0.6) is 0 Å². The van der Waals surface area contributed by atoms with Crippen molar-refractivity contribution < 1.29 is 4.74 Å². The summed E-state index contributed by atoms with van der Waals surface area (Å²) in [5.41, 5.74) is 0. The first-order chi connectivity index (χ1) is 9.13. The van der Waals surface area contributed by atoms with Crippen LogP contribution in [0.25, 0.3) is 0 Å². The summed E-state index contributed by atoms with van der Waals surface area (Å²) in [5, 5.41) is 3.67. The second-order valence-corrected chi connectivity index (χ2v) is 6.71. The highest BCUT2D eigenvalue weighted by Gasteiger charge is 2.35. The van der Waals surface area contributed by atoms with E-state index in [0.717, 1.165) is 31.7 Å². The Morgan fingerprint density at radius 1 is 1.16 bits per heavy atom. The molecule has 2 aliphatic rings. The Kier molecular flexibility index (Phi) is 5.67. The number of hydrogen-bond acceptors (Lipinski definition) is 3. The summed E-state index contributed by atoms with van der Waals surface area (Å²) < 4.78 is 5.30. The maximum atomic E-state index is 5.30. The van der Waals surface area contributed by atoms with Gasteiger partial charge in [-0.25, -0.2) is 0 Å². The van der Waals surface area contributed by atoms with Gasteiger partial charge in [-0.05, 0) is 57.9 Å². The average molecular weight is 268 g/mol. The van der Waals surface area contributed by atoms with Crippen molar-refractivity contribution in [2.24, 2.45) is 11.8 Å². The molecule has 0 aromatic carbocycles. The highest BCUT2D eigenvalue weighted by atomic mass is 16.5. The molecule has 3 unspecified atom stereocenters. The largest absolute Gasteiger partial charge is 0.383 e. The predicted octanol–water partition coefficient (Wildman–Crippen LogP) is 2.51. The molecule has 19 heavy (non-hydrogen) atoms. The van der Waals surface area contributed by atoms with E-state index in [9.17, 15) is 0 Å². The third kappa shape index (κ3) is 4.73. The molecule has 0 bridgehead atoms. The van der Waals surface area contributed by atoms with Crippen molar-refractivity contribution >= 4 is 0 Å². The summed E-state index contributed by atoms with van der Waals surface area (Å²) >= 11 is 0. The van der Waals surface area contributed by atoms with Crippen LogP contribution in [0.3, 0.4) is 0 Å². The van der Waals surface area contributed by atoms with E-state index >= 15 is 0 Å². The van der Waals surface area contributed by atoms with Crippen LogP contribution < -0.4 is 5.32 Å². The molecule has 0 amide bonds. The van der Waals surface area contributed by atoms with Gasteiger partial charge >= 0.3 is 0 Å². The fraction of sp³-hybridized carbons (Fsp3) is 1.00. The van der Waals surface area contributed by atoms with Crippen molar-refractivity contribution in [2.45, 2.75) is 64.6 Å². The lowest BCUT2D eigenvalue weighted by Crippen LogP contribution is -2.48. The average Bonchev–Trinajstić information content (AvgIpc) is 3.29. The maximum absolute atomic E-state index is 5.30. The van der Waals surface area contributed by atoms with Crippen LogP contribution in [0.15, 0.2) is 0 Å². The molecule has 2 saturated carbocycles. The van der Waals surface area contributed by atoms with E-state index in [2.05, 4.69) is 31.0 Å². The number of ether oxygens (including phenoxy) is 1. The van der Waals surface area contributed by atoms with Crippen LogP contribution in [-0.2, 0) is 4.74 Å². The molecule has 3 nitrogen and oxygen atoms in total. The first-order valence-electron chi connectivity index (χ1n) is 8.11. The van der Waals surface area contributed by atoms with E-state index in [1.807, 2.05) is 7.11 Å². The smallest absolute Gasteiger partial charge is 0.0589 e. The summed E-state index contributed by atoms with van der Waals surface area (Å²) in [5.74, 6) is 1.64. The first-order valence-corrected chi connectivity index (χ1v) is 8.11. The molecule has 0 radical (unpaired) electrons. The highest BCUT2D eigenvalue weighted by Crippen LogP contribution is 2.36. The van der Waals surface area contributed by atoms with Gasteiger partial charge in [0.05, 0.1) is 6.61 Å². The third-order valence-electron chi connectivity index (χ3n) is 5.03. The van der Waals surface area contributed by atoms with E-state index in [1.165, 1.54) is 25.7 Å². The topological polar surface area (TPSA) is 24.5 Å². The maximum Gasteiger partial charge on any atom is 0.0589 e. The standard InChI is InChI=1S/C16H32N2O/c1-12(11-17-16-7-8-16)13(2)18(9-10-19-4)14(3)15-5-6-15/h12-17H,5-11H2,1-4H3. The Balaban J connectivity index is 1.82. The molecule has 0 aromatic heterocycles. The van der Waals surface area contributed by atoms with E-state index in [1.54, 1.807) is 0 Å². The van der Waals surface area contributed by atoms with Crippen molar-refractivity contribution in [1.82, 2.24) is 10.2 Å². The molecule has 2 aliphatic carbocycles. The van der Waals surface area contributed by atoms with Gasteiger partial charge < -0.3 is 10.1 Å². The zero-order valence-corrected chi connectivity index (χ0v) is 13.2. The zero-order valence-electron chi connectivity index (χ0n) is 13.2. The van der Waals surface area contributed by atoms with Gasteiger partial charge in [0.25, 0.3) is 0 Å². The Morgan fingerprint density at radius 2 is 1.84 bits per heavy atom. The third-order valence-corrected chi connectivity index (χ3v) is 5.03. The van der Waals surface area contributed by atoms with Crippen LogP contribution in [0.1, 0.15) is 46.5 Å². The number of nitrogens with one attached hydrogen (secondary N) is 1. The quantitative estimate of drug-likeness (QED) is 0.659. The summed E-state index contributed by atoms with van der Waals surface area (Å²) in [6.45, 7) is 10.3. The Bertz CT molecular complexity index is 263. The minimum atomic E-state index is 0.636. The summed E-state index contributed by atoms with van der Waals surface area (Å²) in [6, 6.07) is 2.17. The van der Waals surface area contributed by atoms with Crippen LogP contribution >= 0.6 is 0 Å². The monoisotopic (exact) mass is 268 g/mol. The fourth-order valence-electron chi connectivity index (χ4n) is 2.96. The second-order valence-electron chi connectivity index (χ2n) is 6.71. The molecule has 0 heterocycles. The van der Waals surface area contributed by atoms with Crippen LogP contribution in [0.4, 0.5) is 0 Å². The Hall–Kier alpha value is -0.120. The van der Waals surface area contributed by atoms with Gasteiger partial charge in [0.1, 0.15) is 0 Å². The number of methoxy groups -OCH3 is 1. The normalized spacial score (nSPS) is 24.5. The van der Waals surface area contributed by atoms with Crippen molar-refractivity contribution in [1.29, 1.82) is 0 Å². The molecule has 3 atom stereocenters. The molecule has 0 aromatic rings. The fourth-order valence-corrected chi connectivity index (χ4v) is 2.96. The second kappa shape index (κ2) is 7.05. The van der Waals surface area contributed by atoms with Crippen LogP contribution in [0.2, 0.25) is 0 Å². The van der Waals surface area contributed by atoms with Gasteiger partial charge in [-0.15, -0.1) is 0 Å². The summed E-state index contributed by atoms with van der Waals surface area (Å²) in [6.07, 6.45) is 5.61. The van der Waals surface area contributed by atoms with E-state index in [0.29, 0.717) is 18.0 Å². The lowest BCUT2D eigenvalue weighted by molar-refractivity contribution is 0.0660. The molecule has 1 N–H and O–H groups in total. The number of nitrogens with zero attached hydrogens (tertiary/aromatic N) is 1. The minimum Gasteiger partial charge on any atom is -0.383 e. The molecule has 3 heteroatoms. The molecular weight excluding hydrogens is 236 g/mol. The van der Waals surface area contributed by atoms with Crippen LogP contribution in [-0.4, -0.2) is 49.8 Å². The summed E-state index contributed by atoms with van der Waals surface area (Å²) in [4.78, 5) is 2.68. The van der Waals surface area contributed by atoms with Gasteiger partial charge in [-0.3, -0.25) is 4.90 Å². The van der Waals surface area contributed by atoms with E-state index < -0.39 is 0 Å². The van der Waals surface area contributed by atoms with E-state index in [4.69, 9.17) is 4.74 Å². The van der Waals surface area contributed by atoms with Gasteiger partial charge in [0.2, 0.25) is 0 Å². The first kappa shape index (κ1) is 15.3. The number of rotatable bonds is 10. The highest BCUT2D eigenvalue weighted by molar-refractivity contribution is 4.89. The Labute approximate surface area is 119 Å². The SMILES string of the molecule is COCCN(C(C)C(C)CNC1CC1)C(C)C1CC1. The van der Waals surface area contributed by atoms with E-state index in [-0.39, 0.29) is 0 Å².